The minimum absolute atomic E-state index is 0.158. The van der Waals surface area contributed by atoms with Crippen LogP contribution >= 0.6 is 11.3 Å². The molecule has 0 saturated heterocycles. The molecule has 6 nitrogen and oxygen atoms in total. The lowest BCUT2D eigenvalue weighted by Gasteiger charge is -2.14. The fourth-order valence-corrected chi connectivity index (χ4v) is 2.77. The lowest BCUT2D eigenvalue weighted by molar-refractivity contribution is -0.117. The highest BCUT2D eigenvalue weighted by Gasteiger charge is 2.17. The first-order valence-corrected chi connectivity index (χ1v) is 7.38. The molecule has 0 aliphatic carbocycles. The number of para-hydroxylation sites is 1. The number of aromatic nitrogens is 1. The van der Waals surface area contributed by atoms with Crippen LogP contribution in [0, 0.1) is 0 Å². The van der Waals surface area contributed by atoms with Gasteiger partial charge in [0.15, 0.2) is 5.13 Å². The fourth-order valence-electron chi connectivity index (χ4n) is 1.89. The van der Waals surface area contributed by atoms with Gasteiger partial charge in [-0.15, -0.1) is 0 Å². The van der Waals surface area contributed by atoms with Gasteiger partial charge in [0.05, 0.1) is 11.3 Å². The predicted octanol–water partition coefficient (Wildman–Crippen LogP) is 2.52. The number of hydrogen-bond donors (Lipinski definition) is 1. The van der Waals surface area contributed by atoms with E-state index in [1.807, 2.05) is 25.1 Å². The number of carbonyl (C=O) groups is 1. The molecule has 3 rings (SSSR count). The lowest BCUT2D eigenvalue weighted by atomic mass is 10.3. The standard InChI is InChI=1S/C14H14N2O4S/c1-2-19-9-4-3-5-11-12(9)15-14(21-11)16-13(17)10-8-18-6-7-20-10/h3-5,8H,2,6-7H2,1H3,(H,15,16,17). The highest BCUT2D eigenvalue weighted by atomic mass is 32.1. The Morgan fingerprint density at radius 3 is 3.14 bits per heavy atom. The molecule has 1 aliphatic rings. The van der Waals surface area contributed by atoms with E-state index in [4.69, 9.17) is 14.2 Å². The molecule has 0 radical (unpaired) electrons. The second-order valence-electron chi connectivity index (χ2n) is 4.21. The smallest absolute Gasteiger partial charge is 0.295 e. The van der Waals surface area contributed by atoms with Crippen molar-refractivity contribution in [3.63, 3.8) is 0 Å². The van der Waals surface area contributed by atoms with Crippen molar-refractivity contribution in [2.75, 3.05) is 25.1 Å². The molecule has 0 spiro atoms. The number of nitrogens with one attached hydrogen (secondary N) is 1. The van der Waals surface area contributed by atoms with Crippen LogP contribution in [0.4, 0.5) is 5.13 Å². The zero-order valence-electron chi connectivity index (χ0n) is 11.4. The zero-order valence-corrected chi connectivity index (χ0v) is 12.2. The van der Waals surface area contributed by atoms with Crippen LogP contribution in [0.2, 0.25) is 0 Å². The molecule has 110 valence electrons. The third-order valence-electron chi connectivity index (χ3n) is 2.78. The van der Waals surface area contributed by atoms with Crippen molar-refractivity contribution in [1.29, 1.82) is 0 Å². The van der Waals surface area contributed by atoms with E-state index in [0.29, 0.717) is 30.7 Å². The quantitative estimate of drug-likeness (QED) is 0.940. The number of ether oxygens (including phenoxy) is 3. The first-order chi connectivity index (χ1) is 10.3. The van der Waals surface area contributed by atoms with Crippen LogP contribution in [-0.2, 0) is 14.3 Å². The van der Waals surface area contributed by atoms with Crippen molar-refractivity contribution in [3.8, 4) is 5.75 Å². The first kappa shape index (κ1) is 13.7. The Hall–Kier alpha value is -2.28. The van der Waals surface area contributed by atoms with E-state index in [-0.39, 0.29) is 11.7 Å². The second kappa shape index (κ2) is 6.01. The van der Waals surface area contributed by atoms with Crippen LogP contribution in [0.25, 0.3) is 10.2 Å². The third kappa shape index (κ3) is 2.92. The Morgan fingerprint density at radius 2 is 2.38 bits per heavy atom. The van der Waals surface area contributed by atoms with Gasteiger partial charge in [0.2, 0.25) is 5.76 Å². The maximum absolute atomic E-state index is 12.0. The molecule has 1 amide bonds. The molecule has 2 heterocycles. The molecule has 0 unspecified atom stereocenters. The molecule has 1 aliphatic heterocycles. The summed E-state index contributed by atoms with van der Waals surface area (Å²) in [7, 11) is 0. The number of amides is 1. The summed E-state index contributed by atoms with van der Waals surface area (Å²) in [6.07, 6.45) is 1.32. The average molecular weight is 306 g/mol. The van der Waals surface area contributed by atoms with E-state index in [1.165, 1.54) is 17.6 Å². The highest BCUT2D eigenvalue weighted by Crippen LogP contribution is 2.32. The van der Waals surface area contributed by atoms with Gasteiger partial charge in [0.1, 0.15) is 30.7 Å². The molecule has 0 fully saturated rings. The number of benzene rings is 1. The van der Waals surface area contributed by atoms with Crippen molar-refractivity contribution in [3.05, 3.63) is 30.2 Å². The maximum atomic E-state index is 12.0. The Kier molecular flexibility index (Phi) is 3.92. The van der Waals surface area contributed by atoms with Crippen LogP contribution in [0.15, 0.2) is 30.2 Å². The molecule has 0 bridgehead atoms. The molecule has 7 heteroatoms. The number of anilines is 1. The van der Waals surface area contributed by atoms with E-state index >= 15 is 0 Å². The molecule has 0 saturated carbocycles. The Labute approximate surface area is 125 Å². The summed E-state index contributed by atoms with van der Waals surface area (Å²) in [6, 6.07) is 5.69. The molecule has 21 heavy (non-hydrogen) atoms. The summed E-state index contributed by atoms with van der Waals surface area (Å²) < 4.78 is 16.8. The van der Waals surface area contributed by atoms with Gasteiger partial charge in [-0.1, -0.05) is 17.4 Å². The van der Waals surface area contributed by atoms with Gasteiger partial charge < -0.3 is 14.2 Å². The zero-order chi connectivity index (χ0) is 14.7. The Balaban J connectivity index is 1.82. The van der Waals surface area contributed by atoms with Gasteiger partial charge in [0.25, 0.3) is 5.91 Å². The van der Waals surface area contributed by atoms with Crippen LogP contribution < -0.4 is 10.1 Å². The minimum atomic E-state index is -0.369. The monoisotopic (exact) mass is 306 g/mol. The van der Waals surface area contributed by atoms with E-state index < -0.39 is 0 Å². The molecule has 2 aromatic rings. The van der Waals surface area contributed by atoms with Crippen molar-refractivity contribution in [1.82, 2.24) is 4.98 Å². The lowest BCUT2D eigenvalue weighted by Crippen LogP contribution is -2.20. The Bertz CT molecular complexity index is 695. The predicted molar refractivity (Wildman–Crippen MR) is 79.4 cm³/mol. The minimum Gasteiger partial charge on any atom is -0.494 e. The van der Waals surface area contributed by atoms with Crippen LogP contribution in [0.5, 0.6) is 5.75 Å². The number of nitrogens with zero attached hydrogens (tertiary/aromatic N) is 1. The summed E-state index contributed by atoms with van der Waals surface area (Å²) in [5.74, 6) is 0.500. The topological polar surface area (TPSA) is 69.7 Å². The number of fused-ring (bicyclic) bond motifs is 1. The van der Waals surface area contributed by atoms with Crippen LogP contribution in [0.1, 0.15) is 6.92 Å². The average Bonchev–Trinajstić information content (AvgIpc) is 2.92. The van der Waals surface area contributed by atoms with E-state index in [1.54, 1.807) is 0 Å². The van der Waals surface area contributed by atoms with Gasteiger partial charge in [-0.2, -0.15) is 0 Å². The van der Waals surface area contributed by atoms with Crippen LogP contribution in [0.3, 0.4) is 0 Å². The maximum Gasteiger partial charge on any atom is 0.295 e. The van der Waals surface area contributed by atoms with Gasteiger partial charge in [0, 0.05) is 0 Å². The summed E-state index contributed by atoms with van der Waals surface area (Å²) in [5.41, 5.74) is 0.745. The molecule has 1 N–H and O–H groups in total. The SMILES string of the molecule is CCOc1cccc2sc(NC(=O)C3=COCCO3)nc12. The first-order valence-electron chi connectivity index (χ1n) is 6.56. The van der Waals surface area contributed by atoms with Gasteiger partial charge in [-0.3, -0.25) is 10.1 Å². The van der Waals surface area contributed by atoms with Crippen molar-refractivity contribution in [2.24, 2.45) is 0 Å². The molecule has 0 atom stereocenters. The van der Waals surface area contributed by atoms with Gasteiger partial charge >= 0.3 is 0 Å². The third-order valence-corrected chi connectivity index (χ3v) is 3.71. The summed E-state index contributed by atoms with van der Waals surface area (Å²) >= 11 is 1.38. The van der Waals surface area contributed by atoms with Gasteiger partial charge in [-0.25, -0.2) is 4.98 Å². The normalized spacial score (nSPS) is 14.0. The molecule has 1 aromatic heterocycles. The van der Waals surface area contributed by atoms with Crippen molar-refractivity contribution < 1.29 is 19.0 Å². The van der Waals surface area contributed by atoms with Crippen molar-refractivity contribution in [2.45, 2.75) is 6.92 Å². The number of carbonyl (C=O) groups excluding carboxylic acids is 1. The molecular weight excluding hydrogens is 292 g/mol. The van der Waals surface area contributed by atoms with E-state index in [2.05, 4.69) is 10.3 Å². The van der Waals surface area contributed by atoms with Gasteiger partial charge in [-0.05, 0) is 19.1 Å². The summed E-state index contributed by atoms with van der Waals surface area (Å²) in [4.78, 5) is 16.4. The van der Waals surface area contributed by atoms with Crippen molar-refractivity contribution >= 4 is 32.6 Å². The molecular formula is C14H14N2O4S. The Morgan fingerprint density at radius 1 is 1.48 bits per heavy atom. The number of thiazole rings is 1. The largest absolute Gasteiger partial charge is 0.494 e. The highest BCUT2D eigenvalue weighted by molar-refractivity contribution is 7.22. The van der Waals surface area contributed by atoms with E-state index in [0.717, 1.165) is 10.2 Å². The second-order valence-corrected chi connectivity index (χ2v) is 5.24. The number of hydrogen-bond acceptors (Lipinski definition) is 6. The summed E-state index contributed by atoms with van der Waals surface area (Å²) in [5, 5.41) is 3.21. The number of rotatable bonds is 4. The van der Waals surface area contributed by atoms with Crippen LogP contribution in [-0.4, -0.2) is 30.7 Å². The molecule has 1 aromatic carbocycles. The van der Waals surface area contributed by atoms with E-state index in [9.17, 15) is 4.79 Å². The fraction of sp³-hybridized carbons (Fsp3) is 0.286. The summed E-state index contributed by atoms with van der Waals surface area (Å²) in [6.45, 7) is 3.31.